The van der Waals surface area contributed by atoms with Gasteiger partial charge in [0.1, 0.15) is 0 Å². The monoisotopic (exact) mass is 285 g/mol. The first-order valence-corrected chi connectivity index (χ1v) is 7.00. The molecule has 2 rings (SSSR count). The summed E-state index contributed by atoms with van der Waals surface area (Å²) in [5.41, 5.74) is 0. The van der Waals surface area contributed by atoms with Crippen molar-refractivity contribution in [2.45, 2.75) is 19.8 Å². The topological polar surface area (TPSA) is 63.2 Å². The highest BCUT2D eigenvalue weighted by molar-refractivity contribution is 6.28. The molecule has 0 spiro atoms. The van der Waals surface area contributed by atoms with Gasteiger partial charge in [-0.1, -0.05) is 0 Å². The zero-order valence-electron chi connectivity index (χ0n) is 11.4. The Hall–Kier alpha value is -1.14. The third-order valence-electron chi connectivity index (χ3n) is 3.23. The fourth-order valence-corrected chi connectivity index (χ4v) is 2.41. The molecule has 1 aromatic heterocycles. The Morgan fingerprint density at radius 1 is 1.32 bits per heavy atom. The van der Waals surface area contributed by atoms with Crippen LogP contribution in [0.15, 0.2) is 0 Å². The molecule has 0 saturated carbocycles. The van der Waals surface area contributed by atoms with E-state index in [4.69, 9.17) is 16.3 Å². The molecule has 6 nitrogen and oxygen atoms in total. The lowest BCUT2D eigenvalue weighted by atomic mass is 9.98. The van der Waals surface area contributed by atoms with Crippen LogP contribution < -0.4 is 10.2 Å². The van der Waals surface area contributed by atoms with E-state index < -0.39 is 0 Å². The minimum Gasteiger partial charge on any atom is -0.384 e. The van der Waals surface area contributed by atoms with Crippen LogP contribution in [0, 0.1) is 5.92 Å². The number of methoxy groups -OCH3 is 1. The maximum Gasteiger partial charge on any atom is 0.231 e. The highest BCUT2D eigenvalue weighted by atomic mass is 35.5. The first-order chi connectivity index (χ1) is 9.22. The van der Waals surface area contributed by atoms with Crippen LogP contribution in [-0.2, 0) is 4.74 Å². The van der Waals surface area contributed by atoms with Crippen LogP contribution in [0.4, 0.5) is 11.9 Å². The summed E-state index contributed by atoms with van der Waals surface area (Å²) in [4.78, 5) is 14.8. The van der Waals surface area contributed by atoms with Gasteiger partial charge >= 0.3 is 0 Å². The number of piperidine rings is 1. The van der Waals surface area contributed by atoms with Crippen molar-refractivity contribution < 1.29 is 4.74 Å². The van der Waals surface area contributed by atoms with Crippen LogP contribution >= 0.6 is 11.6 Å². The van der Waals surface area contributed by atoms with Gasteiger partial charge in [0.05, 0.1) is 0 Å². The minimum atomic E-state index is 0.236. The normalized spacial score (nSPS) is 16.7. The van der Waals surface area contributed by atoms with Gasteiger partial charge in [0.15, 0.2) is 0 Å². The predicted octanol–water partition coefficient (Wildman–Crippen LogP) is 1.82. The van der Waals surface area contributed by atoms with Gasteiger partial charge in [-0.05, 0) is 37.3 Å². The molecule has 1 fully saturated rings. The number of aromatic nitrogens is 3. The molecule has 0 aromatic carbocycles. The second-order valence-electron chi connectivity index (χ2n) is 4.64. The molecule has 1 aliphatic heterocycles. The van der Waals surface area contributed by atoms with Crippen LogP contribution in [0.5, 0.6) is 0 Å². The van der Waals surface area contributed by atoms with Crippen molar-refractivity contribution in [1.82, 2.24) is 15.0 Å². The Labute approximate surface area is 118 Å². The predicted molar refractivity (Wildman–Crippen MR) is 75.8 cm³/mol. The van der Waals surface area contributed by atoms with Gasteiger partial charge in [-0.3, -0.25) is 0 Å². The van der Waals surface area contributed by atoms with Crippen molar-refractivity contribution in [1.29, 1.82) is 0 Å². The molecular formula is C12H20ClN5O. The molecule has 106 valence electrons. The summed E-state index contributed by atoms with van der Waals surface area (Å²) in [6, 6.07) is 0. The zero-order chi connectivity index (χ0) is 13.7. The van der Waals surface area contributed by atoms with Crippen molar-refractivity contribution in [3.05, 3.63) is 5.28 Å². The number of anilines is 2. The number of halogens is 1. The molecule has 7 heteroatoms. The molecule has 1 saturated heterocycles. The maximum absolute atomic E-state index is 5.93. The molecule has 0 radical (unpaired) electrons. The molecule has 0 unspecified atom stereocenters. The van der Waals surface area contributed by atoms with E-state index in [9.17, 15) is 0 Å². The first kappa shape index (κ1) is 14.3. The van der Waals surface area contributed by atoms with Crippen LogP contribution in [0.1, 0.15) is 19.8 Å². The van der Waals surface area contributed by atoms with E-state index in [1.54, 1.807) is 7.11 Å². The van der Waals surface area contributed by atoms with Crippen molar-refractivity contribution in [3.8, 4) is 0 Å². The number of nitrogens with one attached hydrogen (secondary N) is 1. The summed E-state index contributed by atoms with van der Waals surface area (Å²) in [6.45, 7) is 5.44. The fourth-order valence-electron chi connectivity index (χ4n) is 2.25. The zero-order valence-corrected chi connectivity index (χ0v) is 12.2. The molecule has 1 aromatic rings. The maximum atomic E-state index is 5.93. The molecule has 0 bridgehead atoms. The van der Waals surface area contributed by atoms with Crippen LogP contribution in [0.3, 0.4) is 0 Å². The lowest BCUT2D eigenvalue weighted by Gasteiger charge is -2.31. The Bertz CT molecular complexity index is 409. The summed E-state index contributed by atoms with van der Waals surface area (Å²) in [5, 5.41) is 3.30. The molecule has 0 amide bonds. The number of ether oxygens (including phenoxy) is 1. The lowest BCUT2D eigenvalue weighted by Crippen LogP contribution is -2.36. The van der Waals surface area contributed by atoms with Crippen LogP contribution in [0.2, 0.25) is 5.28 Å². The highest BCUT2D eigenvalue weighted by Gasteiger charge is 2.21. The Balaban J connectivity index is 2.02. The third-order valence-corrected chi connectivity index (χ3v) is 3.40. The van der Waals surface area contributed by atoms with E-state index in [2.05, 4.69) is 25.2 Å². The average Bonchev–Trinajstić information content (AvgIpc) is 2.40. The van der Waals surface area contributed by atoms with E-state index in [-0.39, 0.29) is 5.28 Å². The van der Waals surface area contributed by atoms with E-state index in [0.717, 1.165) is 39.1 Å². The number of hydrogen-bond donors (Lipinski definition) is 1. The quantitative estimate of drug-likeness (QED) is 0.890. The summed E-state index contributed by atoms with van der Waals surface area (Å²) in [7, 11) is 1.75. The van der Waals surface area contributed by atoms with Gasteiger partial charge in [-0.15, -0.1) is 0 Å². The standard InChI is InChI=1S/C12H20ClN5O/c1-3-14-11-15-10(13)16-12(17-11)18-6-4-9(5-7-18)8-19-2/h9H,3-8H2,1-2H3,(H,14,15,16,17). The highest BCUT2D eigenvalue weighted by Crippen LogP contribution is 2.22. The molecule has 2 heterocycles. The van der Waals surface area contributed by atoms with Gasteiger partial charge in [0.25, 0.3) is 0 Å². The molecule has 1 N–H and O–H groups in total. The Kier molecular flexibility index (Phi) is 5.15. The summed E-state index contributed by atoms with van der Waals surface area (Å²) >= 11 is 5.93. The van der Waals surface area contributed by atoms with Crippen molar-refractivity contribution >= 4 is 23.5 Å². The fraction of sp³-hybridized carbons (Fsp3) is 0.750. The molecule has 0 atom stereocenters. The largest absolute Gasteiger partial charge is 0.384 e. The number of nitrogens with zero attached hydrogens (tertiary/aromatic N) is 4. The van der Waals surface area contributed by atoms with E-state index in [1.807, 2.05) is 6.92 Å². The average molecular weight is 286 g/mol. The van der Waals surface area contributed by atoms with E-state index in [0.29, 0.717) is 17.8 Å². The Morgan fingerprint density at radius 3 is 2.68 bits per heavy atom. The summed E-state index contributed by atoms with van der Waals surface area (Å²) in [6.07, 6.45) is 2.18. The third kappa shape index (κ3) is 3.91. The second kappa shape index (κ2) is 6.86. The van der Waals surface area contributed by atoms with Crippen molar-refractivity contribution in [2.24, 2.45) is 5.92 Å². The molecule has 1 aliphatic rings. The second-order valence-corrected chi connectivity index (χ2v) is 4.98. The van der Waals surface area contributed by atoms with Gasteiger partial charge in [-0.25, -0.2) is 0 Å². The van der Waals surface area contributed by atoms with Crippen LogP contribution in [-0.4, -0.2) is 48.3 Å². The minimum absolute atomic E-state index is 0.236. The first-order valence-electron chi connectivity index (χ1n) is 6.62. The van der Waals surface area contributed by atoms with Gasteiger partial charge in [0.2, 0.25) is 17.2 Å². The van der Waals surface area contributed by atoms with Gasteiger partial charge in [-0.2, -0.15) is 15.0 Å². The van der Waals surface area contributed by atoms with Gasteiger partial charge in [0, 0.05) is 33.4 Å². The van der Waals surface area contributed by atoms with Gasteiger partial charge < -0.3 is 15.0 Å². The van der Waals surface area contributed by atoms with Crippen molar-refractivity contribution in [3.63, 3.8) is 0 Å². The summed E-state index contributed by atoms with van der Waals surface area (Å²) in [5.74, 6) is 1.83. The lowest BCUT2D eigenvalue weighted by molar-refractivity contribution is 0.139. The molecular weight excluding hydrogens is 266 g/mol. The Morgan fingerprint density at radius 2 is 2.05 bits per heavy atom. The van der Waals surface area contributed by atoms with E-state index >= 15 is 0 Å². The SMILES string of the molecule is CCNc1nc(Cl)nc(N2CCC(COC)CC2)n1. The summed E-state index contributed by atoms with van der Waals surface area (Å²) < 4.78 is 5.20. The molecule has 0 aliphatic carbocycles. The smallest absolute Gasteiger partial charge is 0.231 e. The number of hydrogen-bond acceptors (Lipinski definition) is 6. The van der Waals surface area contributed by atoms with Crippen LogP contribution in [0.25, 0.3) is 0 Å². The number of rotatable bonds is 5. The van der Waals surface area contributed by atoms with Crippen molar-refractivity contribution in [2.75, 3.05) is 43.6 Å². The van der Waals surface area contributed by atoms with E-state index in [1.165, 1.54) is 0 Å². The molecule has 19 heavy (non-hydrogen) atoms.